The third-order valence-corrected chi connectivity index (χ3v) is 3.10. The highest BCUT2D eigenvalue weighted by atomic mass is 16.5. The molecule has 14 heavy (non-hydrogen) atoms. The van der Waals surface area contributed by atoms with E-state index in [4.69, 9.17) is 4.74 Å². The van der Waals surface area contributed by atoms with Gasteiger partial charge < -0.3 is 9.64 Å². The molecule has 0 saturated carbocycles. The van der Waals surface area contributed by atoms with Crippen molar-refractivity contribution in [2.75, 3.05) is 13.2 Å². The van der Waals surface area contributed by atoms with Crippen molar-refractivity contribution >= 4 is 11.9 Å². The molecule has 0 aromatic rings. The molecule has 2 atom stereocenters. The Balaban J connectivity index is 1.93. The van der Waals surface area contributed by atoms with Crippen molar-refractivity contribution in [2.45, 2.75) is 32.2 Å². The molecule has 2 aliphatic heterocycles. The lowest BCUT2D eigenvalue weighted by Gasteiger charge is -2.19. The van der Waals surface area contributed by atoms with Gasteiger partial charge in [0.15, 0.2) is 0 Å². The standard InChI is InChI=1S/C10H15NO3/c1-7(12)14-6-8-5-10(13)11-4-2-3-9(8)11/h8-9H,2-6H2,1H3/t8-,9+/m0/s1. The van der Waals surface area contributed by atoms with E-state index in [-0.39, 0.29) is 17.8 Å². The number of carbonyl (C=O) groups is 2. The molecule has 4 nitrogen and oxygen atoms in total. The zero-order chi connectivity index (χ0) is 10.1. The fraction of sp³-hybridized carbons (Fsp3) is 0.800. The summed E-state index contributed by atoms with van der Waals surface area (Å²) in [6.45, 7) is 2.70. The first kappa shape index (κ1) is 9.49. The summed E-state index contributed by atoms with van der Waals surface area (Å²) in [6.07, 6.45) is 2.71. The zero-order valence-electron chi connectivity index (χ0n) is 8.36. The van der Waals surface area contributed by atoms with Crippen LogP contribution in [-0.4, -0.2) is 36.0 Å². The molecule has 2 aliphatic rings. The predicted molar refractivity (Wildman–Crippen MR) is 49.5 cm³/mol. The third kappa shape index (κ3) is 1.61. The van der Waals surface area contributed by atoms with E-state index in [1.54, 1.807) is 0 Å². The monoisotopic (exact) mass is 197 g/mol. The highest BCUT2D eigenvalue weighted by molar-refractivity contribution is 5.79. The topological polar surface area (TPSA) is 46.6 Å². The number of nitrogens with zero attached hydrogens (tertiary/aromatic N) is 1. The maximum absolute atomic E-state index is 11.5. The molecule has 0 radical (unpaired) electrons. The van der Waals surface area contributed by atoms with E-state index >= 15 is 0 Å². The molecule has 0 N–H and O–H groups in total. The molecule has 2 fully saturated rings. The van der Waals surface area contributed by atoms with Crippen LogP contribution in [0.3, 0.4) is 0 Å². The third-order valence-electron chi connectivity index (χ3n) is 3.10. The van der Waals surface area contributed by atoms with Gasteiger partial charge in [-0.05, 0) is 12.8 Å². The first-order valence-electron chi connectivity index (χ1n) is 5.11. The van der Waals surface area contributed by atoms with Crippen LogP contribution in [0.2, 0.25) is 0 Å². The number of rotatable bonds is 2. The molecular formula is C10H15NO3. The van der Waals surface area contributed by atoms with Crippen LogP contribution in [-0.2, 0) is 14.3 Å². The molecule has 2 heterocycles. The van der Waals surface area contributed by atoms with E-state index < -0.39 is 0 Å². The van der Waals surface area contributed by atoms with Crippen LogP contribution in [0, 0.1) is 5.92 Å². The van der Waals surface area contributed by atoms with Crippen molar-refractivity contribution in [3.63, 3.8) is 0 Å². The summed E-state index contributed by atoms with van der Waals surface area (Å²) in [7, 11) is 0. The second kappa shape index (κ2) is 3.59. The van der Waals surface area contributed by atoms with Gasteiger partial charge in [0.1, 0.15) is 0 Å². The molecule has 2 rings (SSSR count). The first-order valence-corrected chi connectivity index (χ1v) is 5.11. The van der Waals surface area contributed by atoms with Gasteiger partial charge >= 0.3 is 5.97 Å². The average molecular weight is 197 g/mol. The summed E-state index contributed by atoms with van der Waals surface area (Å²) in [5.74, 6) is 0.201. The van der Waals surface area contributed by atoms with Gasteiger partial charge in [-0.25, -0.2) is 0 Å². The van der Waals surface area contributed by atoms with Crippen molar-refractivity contribution in [1.29, 1.82) is 0 Å². The number of hydrogen-bond donors (Lipinski definition) is 0. The maximum atomic E-state index is 11.5. The lowest BCUT2D eigenvalue weighted by molar-refractivity contribution is -0.142. The number of hydrogen-bond acceptors (Lipinski definition) is 3. The van der Waals surface area contributed by atoms with Gasteiger partial charge in [-0.15, -0.1) is 0 Å². The molecule has 0 aromatic carbocycles. The maximum Gasteiger partial charge on any atom is 0.302 e. The Labute approximate surface area is 83.2 Å². The lowest BCUT2D eigenvalue weighted by atomic mass is 9.99. The van der Waals surface area contributed by atoms with Gasteiger partial charge in [0.25, 0.3) is 0 Å². The summed E-state index contributed by atoms with van der Waals surface area (Å²) in [5, 5.41) is 0. The molecule has 4 heteroatoms. The molecule has 78 valence electrons. The molecule has 0 aliphatic carbocycles. The van der Waals surface area contributed by atoms with Crippen molar-refractivity contribution in [2.24, 2.45) is 5.92 Å². The Morgan fingerprint density at radius 3 is 3.14 bits per heavy atom. The number of amides is 1. The normalized spacial score (nSPS) is 30.6. The minimum atomic E-state index is -0.256. The van der Waals surface area contributed by atoms with E-state index in [2.05, 4.69) is 0 Å². The van der Waals surface area contributed by atoms with Crippen molar-refractivity contribution in [3.05, 3.63) is 0 Å². The summed E-state index contributed by atoms with van der Waals surface area (Å²) >= 11 is 0. The Kier molecular flexibility index (Phi) is 2.44. The lowest BCUT2D eigenvalue weighted by Crippen LogP contribution is -2.30. The minimum absolute atomic E-state index is 0.227. The van der Waals surface area contributed by atoms with E-state index in [0.717, 1.165) is 19.4 Å². The number of carbonyl (C=O) groups excluding carboxylic acids is 2. The second-order valence-electron chi connectivity index (χ2n) is 4.06. The van der Waals surface area contributed by atoms with Crippen LogP contribution in [0.1, 0.15) is 26.2 Å². The Hall–Kier alpha value is -1.06. The average Bonchev–Trinajstić information content (AvgIpc) is 2.67. The van der Waals surface area contributed by atoms with E-state index in [1.165, 1.54) is 6.92 Å². The molecule has 0 spiro atoms. The number of fused-ring (bicyclic) bond motifs is 1. The van der Waals surface area contributed by atoms with Crippen LogP contribution < -0.4 is 0 Å². The SMILES string of the molecule is CC(=O)OC[C@@H]1CC(=O)N2CCC[C@H]12. The van der Waals surface area contributed by atoms with Crippen LogP contribution in [0.4, 0.5) is 0 Å². The highest BCUT2D eigenvalue weighted by Gasteiger charge is 2.42. The molecular weight excluding hydrogens is 182 g/mol. The molecule has 0 bridgehead atoms. The molecule has 2 saturated heterocycles. The number of esters is 1. The van der Waals surface area contributed by atoms with Crippen LogP contribution in [0.25, 0.3) is 0 Å². The van der Waals surface area contributed by atoms with Gasteiger partial charge in [-0.1, -0.05) is 0 Å². The van der Waals surface area contributed by atoms with E-state index in [1.807, 2.05) is 4.90 Å². The van der Waals surface area contributed by atoms with Gasteiger partial charge in [0.2, 0.25) is 5.91 Å². The highest BCUT2D eigenvalue weighted by Crippen LogP contribution is 2.33. The zero-order valence-corrected chi connectivity index (χ0v) is 8.36. The van der Waals surface area contributed by atoms with Gasteiger partial charge in [0, 0.05) is 31.8 Å². The van der Waals surface area contributed by atoms with Crippen LogP contribution >= 0.6 is 0 Å². The summed E-state index contributed by atoms with van der Waals surface area (Å²) in [5.41, 5.74) is 0. The fourth-order valence-corrected chi connectivity index (χ4v) is 2.46. The fourth-order valence-electron chi connectivity index (χ4n) is 2.46. The van der Waals surface area contributed by atoms with E-state index in [0.29, 0.717) is 19.1 Å². The summed E-state index contributed by atoms with van der Waals surface area (Å²) < 4.78 is 4.96. The summed E-state index contributed by atoms with van der Waals surface area (Å²) in [6, 6.07) is 0.335. The van der Waals surface area contributed by atoms with Crippen molar-refractivity contribution < 1.29 is 14.3 Å². The minimum Gasteiger partial charge on any atom is -0.465 e. The van der Waals surface area contributed by atoms with Crippen molar-refractivity contribution in [3.8, 4) is 0 Å². The van der Waals surface area contributed by atoms with Crippen LogP contribution in [0.5, 0.6) is 0 Å². The van der Waals surface area contributed by atoms with Gasteiger partial charge in [0.05, 0.1) is 6.61 Å². The molecule has 0 aromatic heterocycles. The Bertz CT molecular complexity index is 264. The van der Waals surface area contributed by atoms with Crippen LogP contribution in [0.15, 0.2) is 0 Å². The first-order chi connectivity index (χ1) is 6.68. The predicted octanol–water partition coefficient (Wildman–Crippen LogP) is 0.560. The largest absolute Gasteiger partial charge is 0.465 e. The Morgan fingerprint density at radius 1 is 1.64 bits per heavy atom. The molecule has 0 unspecified atom stereocenters. The van der Waals surface area contributed by atoms with E-state index in [9.17, 15) is 9.59 Å². The number of ether oxygens (including phenoxy) is 1. The van der Waals surface area contributed by atoms with Gasteiger partial charge in [-0.3, -0.25) is 9.59 Å². The van der Waals surface area contributed by atoms with Crippen molar-refractivity contribution in [1.82, 2.24) is 4.90 Å². The smallest absolute Gasteiger partial charge is 0.302 e. The molecule has 1 amide bonds. The quantitative estimate of drug-likeness (QED) is 0.608. The second-order valence-corrected chi connectivity index (χ2v) is 4.06. The van der Waals surface area contributed by atoms with Gasteiger partial charge in [-0.2, -0.15) is 0 Å². The Morgan fingerprint density at radius 2 is 2.43 bits per heavy atom. The summed E-state index contributed by atoms with van der Waals surface area (Å²) in [4.78, 5) is 24.1.